The molecule has 1 saturated heterocycles. The van der Waals surface area contributed by atoms with Crippen molar-refractivity contribution in [1.29, 1.82) is 0 Å². The fraction of sp³-hybridized carbons (Fsp3) is 0.250. The monoisotopic (exact) mass is 112 g/mol. The van der Waals surface area contributed by atoms with Crippen molar-refractivity contribution in [2.45, 2.75) is 0 Å². The highest BCUT2D eigenvalue weighted by Crippen LogP contribution is 1.81. The van der Waals surface area contributed by atoms with Crippen LogP contribution in [0.3, 0.4) is 0 Å². The van der Waals surface area contributed by atoms with Gasteiger partial charge in [0.05, 0.1) is 0 Å². The van der Waals surface area contributed by atoms with Crippen LogP contribution < -0.4 is 10.6 Å². The van der Waals surface area contributed by atoms with Crippen LogP contribution in [-0.4, -0.2) is 18.5 Å². The lowest BCUT2D eigenvalue weighted by Gasteiger charge is -2.09. The zero-order valence-corrected chi connectivity index (χ0v) is 4.02. The Morgan fingerprint density at radius 2 is 2.25 bits per heavy atom. The summed E-state index contributed by atoms with van der Waals surface area (Å²) in [5, 5.41) is 4.31. The van der Waals surface area contributed by atoms with Crippen LogP contribution in [0.5, 0.6) is 0 Å². The zero-order valence-electron chi connectivity index (χ0n) is 4.02. The third-order valence-electron chi connectivity index (χ3n) is 0.725. The molecule has 1 aliphatic heterocycles. The lowest BCUT2D eigenvalue weighted by atomic mass is 10.3. The molecule has 1 aliphatic rings. The van der Waals surface area contributed by atoms with Gasteiger partial charge in [-0.1, -0.05) is 0 Å². The smallest absolute Gasteiger partial charge is 0.321 e. The minimum absolute atomic E-state index is 0.213. The Bertz CT molecular complexity index is 118. The Labute approximate surface area is 46.3 Å². The standard InChI is InChI=1S/C4H4N2O2/c7-3-1-2-5-4(8)6-3/h2H2,(H2,5,6,7,8). The van der Waals surface area contributed by atoms with Crippen LogP contribution in [0.15, 0.2) is 0 Å². The normalized spacial score (nSPS) is 19.5. The number of hydrogen-bond donors (Lipinski definition) is 2. The van der Waals surface area contributed by atoms with Crippen LogP contribution in [-0.2, 0) is 4.79 Å². The summed E-state index contributed by atoms with van der Waals surface area (Å²) in [7, 11) is 0. The van der Waals surface area contributed by atoms with E-state index in [0.717, 1.165) is 0 Å². The lowest BCUT2D eigenvalue weighted by Crippen LogP contribution is -2.46. The van der Waals surface area contributed by atoms with E-state index in [0.29, 0.717) is 0 Å². The number of carbonyl (C=O) groups is 2. The molecule has 4 heteroatoms. The molecular weight excluding hydrogens is 108 g/mol. The van der Waals surface area contributed by atoms with E-state index in [4.69, 9.17) is 0 Å². The average Bonchev–Trinajstić information content (AvgIpc) is 1.64. The second-order valence-corrected chi connectivity index (χ2v) is 1.31. The lowest BCUT2D eigenvalue weighted by molar-refractivity contribution is -0.117. The van der Waals surface area contributed by atoms with E-state index in [1.807, 2.05) is 5.32 Å². The summed E-state index contributed by atoms with van der Waals surface area (Å²) in [5.74, 6) is -0.450. The average molecular weight is 112 g/mol. The van der Waals surface area contributed by atoms with Crippen LogP contribution in [0.1, 0.15) is 0 Å². The molecule has 0 aromatic heterocycles. The van der Waals surface area contributed by atoms with Crippen molar-refractivity contribution in [3.05, 3.63) is 6.42 Å². The van der Waals surface area contributed by atoms with E-state index in [9.17, 15) is 9.59 Å². The number of urea groups is 1. The molecule has 0 saturated carbocycles. The van der Waals surface area contributed by atoms with Gasteiger partial charge in [0, 0.05) is 6.54 Å². The molecule has 3 amide bonds. The van der Waals surface area contributed by atoms with Gasteiger partial charge < -0.3 is 5.32 Å². The summed E-state index contributed by atoms with van der Waals surface area (Å²) in [6.45, 7) is 0.213. The number of amides is 3. The largest absolute Gasteiger partial charge is 0.337 e. The summed E-state index contributed by atoms with van der Waals surface area (Å²) in [6.07, 6.45) is 2.33. The molecular formula is C4H4N2O2. The summed E-state index contributed by atoms with van der Waals surface area (Å²) in [4.78, 5) is 20.4. The zero-order chi connectivity index (χ0) is 5.98. The molecule has 2 radical (unpaired) electrons. The quantitative estimate of drug-likeness (QED) is 0.418. The Hall–Kier alpha value is -1.06. The van der Waals surface area contributed by atoms with Crippen LogP contribution >= 0.6 is 0 Å². The van der Waals surface area contributed by atoms with E-state index in [1.54, 1.807) is 0 Å². The third kappa shape index (κ3) is 0.959. The Morgan fingerprint density at radius 1 is 1.50 bits per heavy atom. The maximum absolute atomic E-state index is 10.2. The van der Waals surface area contributed by atoms with Gasteiger partial charge in [0.15, 0.2) is 0 Å². The molecule has 4 nitrogen and oxygen atoms in total. The summed E-state index contributed by atoms with van der Waals surface area (Å²) in [6, 6.07) is -0.450. The summed E-state index contributed by atoms with van der Waals surface area (Å²) < 4.78 is 0. The van der Waals surface area contributed by atoms with Gasteiger partial charge in [-0.2, -0.15) is 0 Å². The van der Waals surface area contributed by atoms with Crippen molar-refractivity contribution in [2.24, 2.45) is 0 Å². The fourth-order valence-corrected chi connectivity index (χ4v) is 0.396. The SMILES string of the molecule is O=C1[C]CNC(=O)N1. The molecule has 1 fully saturated rings. The molecule has 0 aliphatic carbocycles. The number of nitrogens with one attached hydrogen (secondary N) is 2. The minimum atomic E-state index is -0.450. The molecule has 1 rings (SSSR count). The summed E-state index contributed by atoms with van der Waals surface area (Å²) in [5.41, 5.74) is 0. The van der Waals surface area contributed by atoms with Crippen LogP contribution in [0.25, 0.3) is 0 Å². The van der Waals surface area contributed by atoms with Gasteiger partial charge >= 0.3 is 6.03 Å². The maximum atomic E-state index is 10.2. The number of carbonyl (C=O) groups excluding carboxylic acids is 2. The van der Waals surface area contributed by atoms with Gasteiger partial charge in [0.25, 0.3) is 0 Å². The number of rotatable bonds is 0. The molecule has 8 heavy (non-hydrogen) atoms. The second kappa shape index (κ2) is 1.81. The first-order valence-electron chi connectivity index (χ1n) is 2.12. The third-order valence-corrected chi connectivity index (χ3v) is 0.725. The highest BCUT2D eigenvalue weighted by molar-refractivity contribution is 6.01. The van der Waals surface area contributed by atoms with Crippen molar-refractivity contribution in [3.8, 4) is 0 Å². The van der Waals surface area contributed by atoms with Crippen LogP contribution in [0.2, 0.25) is 0 Å². The van der Waals surface area contributed by atoms with Gasteiger partial charge in [-0.15, -0.1) is 0 Å². The Kier molecular flexibility index (Phi) is 1.15. The van der Waals surface area contributed by atoms with Gasteiger partial charge in [-0.05, 0) is 0 Å². The predicted octanol–water partition coefficient (Wildman–Crippen LogP) is -1.09. The molecule has 1 heterocycles. The summed E-state index contributed by atoms with van der Waals surface area (Å²) >= 11 is 0. The van der Waals surface area contributed by atoms with E-state index in [2.05, 4.69) is 11.7 Å². The first kappa shape index (κ1) is 5.08. The van der Waals surface area contributed by atoms with Gasteiger partial charge in [-0.3, -0.25) is 10.1 Å². The van der Waals surface area contributed by atoms with Crippen molar-refractivity contribution < 1.29 is 9.59 Å². The molecule has 0 spiro atoms. The second-order valence-electron chi connectivity index (χ2n) is 1.31. The highest BCUT2D eigenvalue weighted by atomic mass is 16.2. The minimum Gasteiger partial charge on any atom is -0.337 e. The van der Waals surface area contributed by atoms with E-state index < -0.39 is 11.9 Å². The van der Waals surface area contributed by atoms with Crippen molar-refractivity contribution in [2.75, 3.05) is 6.54 Å². The Balaban J connectivity index is 2.45. The molecule has 0 unspecified atom stereocenters. The van der Waals surface area contributed by atoms with Crippen molar-refractivity contribution >= 4 is 11.9 Å². The molecule has 0 atom stereocenters. The molecule has 2 N–H and O–H groups in total. The first-order chi connectivity index (χ1) is 3.79. The van der Waals surface area contributed by atoms with Gasteiger partial charge in [0.2, 0.25) is 5.91 Å². The molecule has 0 aromatic rings. The fourth-order valence-electron chi connectivity index (χ4n) is 0.396. The predicted molar refractivity (Wildman–Crippen MR) is 24.8 cm³/mol. The number of hydrogen-bond acceptors (Lipinski definition) is 2. The number of imide groups is 1. The Morgan fingerprint density at radius 3 is 2.62 bits per heavy atom. The van der Waals surface area contributed by atoms with Crippen molar-refractivity contribution in [3.63, 3.8) is 0 Å². The van der Waals surface area contributed by atoms with Crippen LogP contribution in [0.4, 0.5) is 4.79 Å². The topological polar surface area (TPSA) is 58.2 Å². The van der Waals surface area contributed by atoms with E-state index in [-0.39, 0.29) is 6.54 Å². The molecule has 0 aromatic carbocycles. The van der Waals surface area contributed by atoms with Gasteiger partial charge in [-0.25, -0.2) is 4.79 Å². The van der Waals surface area contributed by atoms with Crippen LogP contribution in [0, 0.1) is 6.42 Å². The maximum Gasteiger partial charge on any atom is 0.321 e. The van der Waals surface area contributed by atoms with E-state index in [1.165, 1.54) is 0 Å². The van der Waals surface area contributed by atoms with Gasteiger partial charge in [0.1, 0.15) is 6.42 Å². The molecule has 0 bridgehead atoms. The molecule has 42 valence electrons. The van der Waals surface area contributed by atoms with Crippen molar-refractivity contribution in [1.82, 2.24) is 10.6 Å². The first-order valence-corrected chi connectivity index (χ1v) is 2.12. The van der Waals surface area contributed by atoms with E-state index >= 15 is 0 Å². The highest BCUT2D eigenvalue weighted by Gasteiger charge is 2.12.